The lowest BCUT2D eigenvalue weighted by Gasteiger charge is -2.36. The van der Waals surface area contributed by atoms with Gasteiger partial charge in [0.05, 0.1) is 6.07 Å². The van der Waals surface area contributed by atoms with Crippen LogP contribution in [-0.4, -0.2) is 12.1 Å². The summed E-state index contributed by atoms with van der Waals surface area (Å²) in [6.45, 7) is 6.54. The van der Waals surface area contributed by atoms with Crippen LogP contribution in [0.4, 0.5) is 0 Å². The molecule has 0 amide bonds. The molecule has 0 spiro atoms. The van der Waals surface area contributed by atoms with Gasteiger partial charge < -0.3 is 4.74 Å². The summed E-state index contributed by atoms with van der Waals surface area (Å²) in [7, 11) is 0. The first-order valence-electron chi connectivity index (χ1n) is 6.31. The number of esters is 1. The van der Waals surface area contributed by atoms with Gasteiger partial charge in [-0.15, -0.1) is 0 Å². The Hall–Kier alpha value is -1.30. The van der Waals surface area contributed by atoms with Gasteiger partial charge >= 0.3 is 5.97 Å². The number of nitrogens with zero attached hydrogens (tertiary/aromatic N) is 1. The number of carbonyl (C=O) groups is 1. The molecule has 1 saturated carbocycles. The van der Waals surface area contributed by atoms with Gasteiger partial charge in [-0.2, -0.15) is 5.26 Å². The van der Waals surface area contributed by atoms with Gasteiger partial charge in [0.1, 0.15) is 6.10 Å². The number of nitriles is 1. The Balaban J connectivity index is 2.61. The summed E-state index contributed by atoms with van der Waals surface area (Å²) in [6, 6.07) is 1.80. The van der Waals surface area contributed by atoms with Gasteiger partial charge in [-0.05, 0) is 30.6 Å². The fourth-order valence-electron chi connectivity index (χ4n) is 2.54. The van der Waals surface area contributed by atoms with E-state index in [-0.39, 0.29) is 6.10 Å². The van der Waals surface area contributed by atoms with Crippen LogP contribution in [0.5, 0.6) is 0 Å². The molecule has 1 aliphatic rings. The zero-order chi connectivity index (χ0) is 12.8. The highest BCUT2D eigenvalue weighted by Crippen LogP contribution is 2.35. The molecular weight excluding hydrogens is 214 g/mol. The molecule has 0 bridgehead atoms. The normalized spacial score (nSPS) is 29.2. The van der Waals surface area contributed by atoms with Crippen LogP contribution in [0.1, 0.15) is 40.0 Å². The van der Waals surface area contributed by atoms with Crippen molar-refractivity contribution in [2.75, 3.05) is 0 Å². The summed E-state index contributed by atoms with van der Waals surface area (Å²) in [4.78, 5) is 11.5. The number of allylic oxidation sites excluding steroid dienone is 1. The summed E-state index contributed by atoms with van der Waals surface area (Å²) < 4.78 is 5.46. The van der Waals surface area contributed by atoms with E-state index in [1.165, 1.54) is 18.6 Å². The summed E-state index contributed by atoms with van der Waals surface area (Å²) in [6.07, 6.45) is 5.66. The quantitative estimate of drug-likeness (QED) is 0.429. The summed E-state index contributed by atoms with van der Waals surface area (Å²) in [5.41, 5.74) is 0. The van der Waals surface area contributed by atoms with E-state index in [0.29, 0.717) is 17.8 Å². The van der Waals surface area contributed by atoms with E-state index >= 15 is 0 Å². The third-order valence-electron chi connectivity index (χ3n) is 3.52. The molecule has 0 radical (unpaired) electrons. The number of ether oxygens (including phenoxy) is 1. The minimum absolute atomic E-state index is 0.00888. The lowest BCUT2D eigenvalue weighted by molar-refractivity contribution is -0.149. The van der Waals surface area contributed by atoms with Crippen LogP contribution in [0.2, 0.25) is 0 Å². The maximum Gasteiger partial charge on any atom is 0.331 e. The van der Waals surface area contributed by atoms with E-state index < -0.39 is 5.97 Å². The van der Waals surface area contributed by atoms with Gasteiger partial charge in [-0.3, -0.25) is 0 Å². The molecule has 94 valence electrons. The Morgan fingerprint density at radius 1 is 1.47 bits per heavy atom. The van der Waals surface area contributed by atoms with Gasteiger partial charge in [-0.25, -0.2) is 4.79 Å². The van der Waals surface area contributed by atoms with Crippen molar-refractivity contribution >= 4 is 5.97 Å². The first-order chi connectivity index (χ1) is 8.04. The molecule has 1 fully saturated rings. The minimum atomic E-state index is -0.392. The second-order valence-corrected chi connectivity index (χ2v) is 5.26. The third-order valence-corrected chi connectivity index (χ3v) is 3.52. The topological polar surface area (TPSA) is 50.1 Å². The molecule has 3 heteroatoms. The van der Waals surface area contributed by atoms with E-state index in [9.17, 15) is 4.79 Å². The number of carbonyl (C=O) groups excluding carboxylic acids is 1. The molecule has 0 aromatic rings. The predicted molar refractivity (Wildman–Crippen MR) is 66.0 cm³/mol. The SMILES string of the molecule is CC1CCC(C(C)C)C(OC(=O)C=CC#N)C1. The molecule has 0 heterocycles. The molecule has 0 aliphatic heterocycles. The van der Waals surface area contributed by atoms with Crippen molar-refractivity contribution in [1.82, 2.24) is 0 Å². The zero-order valence-electron chi connectivity index (χ0n) is 10.8. The standard InChI is InChI=1S/C14H21NO2/c1-10(2)12-7-6-11(3)9-13(12)17-14(16)5-4-8-15/h4-5,10-13H,6-7,9H2,1-3H3. The molecule has 1 aliphatic carbocycles. The molecule has 0 aromatic heterocycles. The van der Waals surface area contributed by atoms with Crippen molar-refractivity contribution in [2.24, 2.45) is 17.8 Å². The first kappa shape index (κ1) is 13.8. The molecule has 0 N–H and O–H groups in total. The number of hydrogen-bond donors (Lipinski definition) is 0. The van der Waals surface area contributed by atoms with E-state index in [1.54, 1.807) is 6.07 Å². The summed E-state index contributed by atoms with van der Waals surface area (Å²) >= 11 is 0. The van der Waals surface area contributed by atoms with Gasteiger partial charge in [0.2, 0.25) is 0 Å². The first-order valence-corrected chi connectivity index (χ1v) is 6.31. The van der Waals surface area contributed by atoms with Gasteiger partial charge in [-0.1, -0.05) is 27.2 Å². The Morgan fingerprint density at radius 3 is 2.76 bits per heavy atom. The van der Waals surface area contributed by atoms with Gasteiger partial charge in [0.15, 0.2) is 0 Å². The van der Waals surface area contributed by atoms with E-state index in [0.717, 1.165) is 12.8 Å². The summed E-state index contributed by atoms with van der Waals surface area (Å²) in [5.74, 6) is 1.20. The van der Waals surface area contributed by atoms with Crippen LogP contribution in [0.25, 0.3) is 0 Å². The lowest BCUT2D eigenvalue weighted by atomic mass is 9.75. The van der Waals surface area contributed by atoms with Crippen molar-refractivity contribution < 1.29 is 9.53 Å². The fraction of sp³-hybridized carbons (Fsp3) is 0.714. The second-order valence-electron chi connectivity index (χ2n) is 5.26. The Labute approximate surface area is 103 Å². The van der Waals surface area contributed by atoms with Crippen molar-refractivity contribution in [3.8, 4) is 6.07 Å². The Bertz CT molecular complexity index is 328. The molecule has 3 unspecified atom stereocenters. The maximum atomic E-state index is 11.5. The van der Waals surface area contributed by atoms with Crippen molar-refractivity contribution in [1.29, 1.82) is 5.26 Å². The van der Waals surface area contributed by atoms with Crippen LogP contribution in [0.3, 0.4) is 0 Å². The third kappa shape index (κ3) is 4.22. The van der Waals surface area contributed by atoms with Crippen LogP contribution in [-0.2, 0) is 9.53 Å². The Kier molecular flexibility index (Phi) is 5.21. The smallest absolute Gasteiger partial charge is 0.331 e. The number of hydrogen-bond acceptors (Lipinski definition) is 3. The second kappa shape index (κ2) is 6.44. The predicted octanol–water partition coefficient (Wildman–Crippen LogP) is 3.07. The highest BCUT2D eigenvalue weighted by atomic mass is 16.5. The van der Waals surface area contributed by atoms with Crippen LogP contribution >= 0.6 is 0 Å². The molecule has 0 aromatic carbocycles. The average Bonchev–Trinajstić information content (AvgIpc) is 2.26. The largest absolute Gasteiger partial charge is 0.459 e. The van der Waals surface area contributed by atoms with Gasteiger partial charge in [0, 0.05) is 12.2 Å². The number of rotatable bonds is 3. The van der Waals surface area contributed by atoms with Crippen molar-refractivity contribution in [3.63, 3.8) is 0 Å². The Morgan fingerprint density at radius 2 is 2.18 bits per heavy atom. The molecule has 17 heavy (non-hydrogen) atoms. The van der Waals surface area contributed by atoms with E-state index in [1.807, 2.05) is 0 Å². The zero-order valence-corrected chi connectivity index (χ0v) is 10.8. The van der Waals surface area contributed by atoms with Crippen molar-refractivity contribution in [2.45, 2.75) is 46.1 Å². The van der Waals surface area contributed by atoms with Gasteiger partial charge in [0.25, 0.3) is 0 Å². The monoisotopic (exact) mass is 235 g/mol. The highest BCUT2D eigenvalue weighted by Gasteiger charge is 2.32. The average molecular weight is 235 g/mol. The molecule has 0 saturated heterocycles. The lowest BCUT2D eigenvalue weighted by Crippen LogP contribution is -2.35. The molecule has 3 atom stereocenters. The minimum Gasteiger partial charge on any atom is -0.459 e. The fourth-order valence-corrected chi connectivity index (χ4v) is 2.54. The van der Waals surface area contributed by atoms with Crippen LogP contribution in [0, 0.1) is 29.1 Å². The van der Waals surface area contributed by atoms with Crippen LogP contribution < -0.4 is 0 Å². The molecule has 3 nitrogen and oxygen atoms in total. The van der Waals surface area contributed by atoms with E-state index in [4.69, 9.17) is 10.00 Å². The molecule has 1 rings (SSSR count). The summed E-state index contributed by atoms with van der Waals surface area (Å²) in [5, 5.41) is 8.36. The highest BCUT2D eigenvalue weighted by molar-refractivity contribution is 5.82. The van der Waals surface area contributed by atoms with Crippen LogP contribution in [0.15, 0.2) is 12.2 Å². The van der Waals surface area contributed by atoms with E-state index in [2.05, 4.69) is 20.8 Å². The maximum absolute atomic E-state index is 11.5. The molecular formula is C14H21NO2. The van der Waals surface area contributed by atoms with Crippen molar-refractivity contribution in [3.05, 3.63) is 12.2 Å².